The second-order valence-corrected chi connectivity index (χ2v) is 14.1. The Hall–Kier alpha value is -2.58. The fraction of sp³-hybridized carbons (Fsp3) is 0.0909. The van der Waals surface area contributed by atoms with Gasteiger partial charge in [0, 0.05) is 5.97 Å². The third-order valence-electron chi connectivity index (χ3n) is 3.62. The molecule has 0 saturated heterocycles. The molecule has 27 heavy (non-hydrogen) atoms. The summed E-state index contributed by atoms with van der Waals surface area (Å²) in [7, 11) is 0. The van der Waals surface area contributed by atoms with Crippen LogP contribution in [-0.4, -0.2) is 31.2 Å². The topological polar surface area (TPSA) is 66.4 Å². The van der Waals surface area contributed by atoms with Gasteiger partial charge < -0.3 is 9.90 Å². The maximum atomic E-state index is 12.0. The summed E-state index contributed by atoms with van der Waals surface area (Å²) in [6, 6.07) is 30.5. The molecular weight excluding hydrogens is 450 g/mol. The molecule has 0 aliphatic heterocycles. The van der Waals surface area contributed by atoms with Crippen LogP contribution in [-0.2, 0) is 12.6 Å². The number of carbonyl (C=O) groups excluding carboxylic acids is 2. The summed E-state index contributed by atoms with van der Waals surface area (Å²) in [5.74, 6) is -1.31. The van der Waals surface area contributed by atoms with Crippen molar-refractivity contribution in [3.63, 3.8) is 0 Å². The van der Waals surface area contributed by atoms with Crippen molar-refractivity contribution in [3.8, 4) is 0 Å². The number of carbonyl (C=O) groups is 2. The van der Waals surface area contributed by atoms with Crippen molar-refractivity contribution in [2.45, 2.75) is 13.8 Å². The second-order valence-electron chi connectivity index (χ2n) is 5.69. The first-order valence-corrected chi connectivity index (χ1v) is 13.3. The van der Waals surface area contributed by atoms with Crippen molar-refractivity contribution in [1.29, 1.82) is 0 Å². The van der Waals surface area contributed by atoms with E-state index < -0.39 is 25.2 Å². The molecule has 3 aromatic carbocycles. The predicted molar refractivity (Wildman–Crippen MR) is 106 cm³/mol. The third-order valence-corrected chi connectivity index (χ3v) is 13.9. The van der Waals surface area contributed by atoms with E-state index in [2.05, 4.69) is 36.4 Å². The normalized spacial score (nSPS) is 10.3. The quantitative estimate of drug-likeness (QED) is 0.533. The molecule has 139 valence electrons. The minimum absolute atomic E-state index is 0.229. The van der Waals surface area contributed by atoms with Gasteiger partial charge in [-0.1, -0.05) is 0 Å². The Morgan fingerprint density at radius 1 is 0.667 bits per heavy atom. The van der Waals surface area contributed by atoms with Crippen LogP contribution < -0.4 is 15.6 Å². The molecule has 0 saturated carbocycles. The molecule has 3 rings (SSSR count). The van der Waals surface area contributed by atoms with Crippen molar-refractivity contribution in [2.24, 2.45) is 0 Å². The molecule has 5 heteroatoms. The van der Waals surface area contributed by atoms with Gasteiger partial charge in [-0.25, -0.2) is 0 Å². The van der Waals surface area contributed by atoms with Crippen LogP contribution in [0.2, 0.25) is 0 Å². The predicted octanol–water partition coefficient (Wildman–Crippen LogP) is 0.973. The first-order chi connectivity index (χ1) is 13.0. The summed E-state index contributed by atoms with van der Waals surface area (Å²) in [5.41, 5.74) is 0. The molecule has 0 aliphatic rings. The summed E-state index contributed by atoms with van der Waals surface area (Å²) in [6.07, 6.45) is 0. The van der Waals surface area contributed by atoms with Gasteiger partial charge in [-0.3, -0.25) is 0 Å². The molecule has 0 fully saturated rings. The Morgan fingerprint density at radius 3 is 1.15 bits per heavy atom. The van der Waals surface area contributed by atoms with Gasteiger partial charge in [-0.15, -0.1) is 0 Å². The van der Waals surface area contributed by atoms with Crippen LogP contribution >= 0.6 is 0 Å². The van der Waals surface area contributed by atoms with Gasteiger partial charge in [0.05, 0.1) is 0 Å². The second kappa shape index (κ2) is 9.94. The van der Waals surface area contributed by atoms with Gasteiger partial charge in [0.2, 0.25) is 0 Å². The maximum absolute atomic E-state index is 12.0. The molecule has 0 aliphatic carbocycles. The molecule has 1 radical (unpaired) electrons. The van der Waals surface area contributed by atoms with E-state index in [0.29, 0.717) is 0 Å². The first kappa shape index (κ1) is 20.7. The van der Waals surface area contributed by atoms with Crippen LogP contribution in [0.1, 0.15) is 13.8 Å². The van der Waals surface area contributed by atoms with E-state index >= 15 is 0 Å². The average molecular weight is 471 g/mol. The van der Waals surface area contributed by atoms with E-state index in [4.69, 9.17) is 12.9 Å². The summed E-state index contributed by atoms with van der Waals surface area (Å²) >= 11 is -3.67. The number of hydrogen-bond acceptors (Lipinski definition) is 4. The summed E-state index contributed by atoms with van der Waals surface area (Å²) in [5, 5.41) is 8.89. The molecule has 0 unspecified atom stereocenters. The number of carboxylic acid groups (broad SMARTS) is 1. The van der Waals surface area contributed by atoms with Crippen LogP contribution in [0.5, 0.6) is 0 Å². The average Bonchev–Trinajstić information content (AvgIpc) is 2.67. The molecule has 0 N–H and O–H groups in total. The summed E-state index contributed by atoms with van der Waals surface area (Å²) in [4.78, 5) is 20.9. The van der Waals surface area contributed by atoms with Crippen LogP contribution in [0.25, 0.3) is 0 Å². The zero-order chi connectivity index (χ0) is 19.7. The molecule has 0 spiro atoms. The van der Waals surface area contributed by atoms with Gasteiger partial charge in [0.15, 0.2) is 0 Å². The fourth-order valence-electron chi connectivity index (χ4n) is 2.71. The zero-order valence-corrected chi connectivity index (χ0v) is 17.8. The molecule has 0 amide bonds. The minimum atomic E-state index is -3.67. The van der Waals surface area contributed by atoms with Gasteiger partial charge >= 0.3 is 141 Å². The van der Waals surface area contributed by atoms with Gasteiger partial charge in [-0.2, -0.15) is 0 Å². The van der Waals surface area contributed by atoms with Crippen LogP contribution in [0.4, 0.5) is 0 Å². The van der Waals surface area contributed by atoms with E-state index in [1.807, 2.05) is 54.6 Å². The molecule has 0 atom stereocenters. The van der Waals surface area contributed by atoms with E-state index in [9.17, 15) is 4.79 Å². The number of carboxylic acids is 1. The summed E-state index contributed by atoms with van der Waals surface area (Å²) < 4.78 is 9.53. The van der Waals surface area contributed by atoms with Gasteiger partial charge in [-0.05, 0) is 6.92 Å². The van der Waals surface area contributed by atoms with Crippen molar-refractivity contribution in [2.75, 3.05) is 0 Å². The van der Waals surface area contributed by atoms with Crippen molar-refractivity contribution < 1.29 is 17.7 Å². The van der Waals surface area contributed by atoms with Crippen molar-refractivity contribution in [1.82, 2.24) is 0 Å². The number of hydrogen-bond donors (Lipinski definition) is 0. The molecule has 4 nitrogen and oxygen atoms in total. The first-order valence-electron chi connectivity index (χ1n) is 8.40. The molecule has 3 aromatic rings. The van der Waals surface area contributed by atoms with Crippen LogP contribution in [0.15, 0.2) is 91.0 Å². The zero-order valence-electron chi connectivity index (χ0n) is 15.2. The van der Waals surface area contributed by atoms with Crippen molar-refractivity contribution in [3.05, 3.63) is 91.0 Å². The Balaban J connectivity index is 0.000000596. The molecular formula is C22H21O4Sb-. The molecule has 0 aromatic heterocycles. The van der Waals surface area contributed by atoms with E-state index in [-0.39, 0.29) is 5.97 Å². The number of rotatable bonds is 4. The third kappa shape index (κ3) is 5.44. The summed E-state index contributed by atoms with van der Waals surface area (Å²) in [6.45, 7) is 2.47. The van der Waals surface area contributed by atoms with E-state index in [1.54, 1.807) is 0 Å². The monoisotopic (exact) mass is 470 g/mol. The molecule has 0 bridgehead atoms. The standard InChI is InChI=1S/3C6H5.2C2H4O2.Sb/c3*1-2-4-6-5-3-1;2*1-2(3)4;/h3*1-5H;2*1H3,(H,3,4);/q;;;;;+1/p-2. The van der Waals surface area contributed by atoms with Crippen molar-refractivity contribution >= 4 is 41.7 Å². The SMILES string of the molecule is CC(=O)[O-].CC(=O)[O][Sb]([c]1ccccc1)([c]1ccccc1)[c]1ccccc1. The van der Waals surface area contributed by atoms with E-state index in [1.165, 1.54) is 6.92 Å². The number of aliphatic carboxylic acids is 1. The molecule has 0 heterocycles. The van der Waals surface area contributed by atoms with Gasteiger partial charge in [0.1, 0.15) is 0 Å². The van der Waals surface area contributed by atoms with E-state index in [0.717, 1.165) is 17.5 Å². The Labute approximate surface area is 164 Å². The Kier molecular flexibility index (Phi) is 7.63. The van der Waals surface area contributed by atoms with Gasteiger partial charge in [0.25, 0.3) is 0 Å². The Bertz CT molecular complexity index is 764. The van der Waals surface area contributed by atoms with Crippen LogP contribution in [0, 0.1) is 0 Å². The fourth-order valence-corrected chi connectivity index (χ4v) is 12.3. The van der Waals surface area contributed by atoms with Crippen LogP contribution in [0.3, 0.4) is 0 Å². The number of benzene rings is 3. The Morgan fingerprint density at radius 2 is 0.926 bits per heavy atom.